The first kappa shape index (κ1) is 18.0. The molecule has 0 radical (unpaired) electrons. The Bertz CT molecular complexity index is 747. The topological polar surface area (TPSA) is 45.2 Å². The minimum absolute atomic E-state index is 0.0724. The number of carbonyl (C=O) groups excluding carboxylic acids is 1. The second-order valence-corrected chi connectivity index (χ2v) is 7.98. The van der Waals surface area contributed by atoms with Gasteiger partial charge in [-0.15, -0.1) is 0 Å². The number of rotatable bonds is 5. The van der Waals surface area contributed by atoms with E-state index in [0.717, 1.165) is 38.0 Å². The van der Waals surface area contributed by atoms with Crippen molar-refractivity contribution >= 4 is 11.6 Å². The van der Waals surface area contributed by atoms with Gasteiger partial charge in [0.05, 0.1) is 0 Å². The number of nitrogens with one attached hydrogen (secondary N) is 1. The summed E-state index contributed by atoms with van der Waals surface area (Å²) in [5.41, 5.74) is 2.99. The molecule has 4 heteroatoms. The van der Waals surface area contributed by atoms with E-state index in [1.54, 1.807) is 6.20 Å². The molecule has 2 aliphatic rings. The van der Waals surface area contributed by atoms with Crippen LogP contribution < -0.4 is 5.32 Å². The maximum atomic E-state index is 12.9. The number of carbonyl (C=O) groups is 1. The maximum Gasteiger partial charge on any atom is 0.272 e. The van der Waals surface area contributed by atoms with E-state index in [1.807, 2.05) is 17.0 Å². The highest BCUT2D eigenvalue weighted by atomic mass is 16.2. The summed E-state index contributed by atoms with van der Waals surface area (Å²) in [6.45, 7) is 1.66. The van der Waals surface area contributed by atoms with Crippen LogP contribution in [0.1, 0.15) is 54.6 Å². The number of aromatic nitrogens is 1. The molecule has 4 nitrogen and oxygen atoms in total. The Balaban J connectivity index is 1.32. The summed E-state index contributed by atoms with van der Waals surface area (Å²) in [4.78, 5) is 19.2. The Morgan fingerprint density at radius 1 is 1.04 bits per heavy atom. The third-order valence-corrected chi connectivity index (χ3v) is 5.97. The molecule has 1 aromatic heterocycles. The molecule has 4 rings (SSSR count). The molecule has 2 heterocycles. The van der Waals surface area contributed by atoms with E-state index in [9.17, 15) is 4.79 Å². The number of hydrogen-bond acceptors (Lipinski definition) is 3. The highest BCUT2D eigenvalue weighted by Gasteiger charge is 2.25. The molecule has 1 amide bonds. The van der Waals surface area contributed by atoms with Crippen LogP contribution in [0, 0.1) is 5.92 Å². The van der Waals surface area contributed by atoms with Crippen molar-refractivity contribution in [3.8, 4) is 0 Å². The van der Waals surface area contributed by atoms with Crippen LogP contribution in [-0.4, -0.2) is 34.9 Å². The second-order valence-electron chi connectivity index (χ2n) is 7.98. The lowest BCUT2D eigenvalue weighted by molar-refractivity contribution is 0.0684. The van der Waals surface area contributed by atoms with Gasteiger partial charge >= 0.3 is 0 Å². The summed E-state index contributed by atoms with van der Waals surface area (Å²) >= 11 is 0. The van der Waals surface area contributed by atoms with Crippen molar-refractivity contribution in [3.05, 3.63) is 59.9 Å². The molecule has 0 unspecified atom stereocenters. The fourth-order valence-electron chi connectivity index (χ4n) is 4.39. The number of anilines is 1. The zero-order chi connectivity index (χ0) is 18.5. The van der Waals surface area contributed by atoms with Crippen molar-refractivity contribution < 1.29 is 4.79 Å². The SMILES string of the molecule is O=C(c1cc(NC2CCCC2)ccn1)N1CCC(Cc2ccccc2)CC1. The van der Waals surface area contributed by atoms with Crippen molar-refractivity contribution in [3.63, 3.8) is 0 Å². The predicted molar refractivity (Wildman–Crippen MR) is 109 cm³/mol. The summed E-state index contributed by atoms with van der Waals surface area (Å²) in [6, 6.07) is 15.1. The number of nitrogens with zero attached hydrogens (tertiary/aromatic N) is 2. The minimum atomic E-state index is 0.0724. The standard InChI is InChI=1S/C23H29N3O/c27-23(22-17-21(10-13-24-22)25-20-8-4-5-9-20)26-14-11-19(12-15-26)16-18-6-2-1-3-7-18/h1-3,6-7,10,13,17,19-20H,4-5,8-9,11-12,14-16H2,(H,24,25). The van der Waals surface area contributed by atoms with E-state index in [0.29, 0.717) is 17.7 Å². The molecule has 0 spiro atoms. The van der Waals surface area contributed by atoms with Crippen LogP contribution >= 0.6 is 0 Å². The van der Waals surface area contributed by atoms with Gasteiger partial charge in [-0.05, 0) is 55.7 Å². The largest absolute Gasteiger partial charge is 0.382 e. The first-order chi connectivity index (χ1) is 13.3. The van der Waals surface area contributed by atoms with Crippen molar-refractivity contribution in [2.24, 2.45) is 5.92 Å². The van der Waals surface area contributed by atoms with Crippen molar-refractivity contribution in [1.82, 2.24) is 9.88 Å². The van der Waals surface area contributed by atoms with Gasteiger partial charge in [-0.2, -0.15) is 0 Å². The molecular formula is C23H29N3O. The van der Waals surface area contributed by atoms with Gasteiger partial charge in [0.2, 0.25) is 0 Å². The Morgan fingerprint density at radius 2 is 1.78 bits per heavy atom. The second kappa shape index (κ2) is 8.55. The first-order valence-corrected chi connectivity index (χ1v) is 10.3. The summed E-state index contributed by atoms with van der Waals surface area (Å²) < 4.78 is 0. The highest BCUT2D eigenvalue weighted by molar-refractivity contribution is 5.93. The molecule has 1 aromatic carbocycles. The Kier molecular flexibility index (Phi) is 5.71. The summed E-state index contributed by atoms with van der Waals surface area (Å²) in [6.07, 6.45) is 10.1. The highest BCUT2D eigenvalue weighted by Crippen LogP contribution is 2.24. The van der Waals surface area contributed by atoms with Crippen molar-refractivity contribution in [1.29, 1.82) is 0 Å². The zero-order valence-corrected chi connectivity index (χ0v) is 15.9. The number of pyridine rings is 1. The smallest absolute Gasteiger partial charge is 0.272 e. The number of piperidine rings is 1. The van der Waals surface area contributed by atoms with E-state index in [-0.39, 0.29) is 5.91 Å². The molecule has 1 saturated heterocycles. The quantitative estimate of drug-likeness (QED) is 0.849. The lowest BCUT2D eigenvalue weighted by Crippen LogP contribution is -2.39. The number of amides is 1. The van der Waals surface area contributed by atoms with E-state index >= 15 is 0 Å². The first-order valence-electron chi connectivity index (χ1n) is 10.3. The van der Waals surface area contributed by atoms with Gasteiger partial charge in [0.1, 0.15) is 5.69 Å². The number of likely N-dealkylation sites (tertiary alicyclic amines) is 1. The third kappa shape index (κ3) is 4.68. The van der Waals surface area contributed by atoms with Crippen LogP contribution in [0.15, 0.2) is 48.7 Å². The lowest BCUT2D eigenvalue weighted by Gasteiger charge is -2.32. The van der Waals surface area contributed by atoms with E-state index in [2.05, 4.69) is 40.6 Å². The molecule has 0 atom stereocenters. The molecule has 2 aromatic rings. The summed E-state index contributed by atoms with van der Waals surface area (Å²) in [5.74, 6) is 0.739. The van der Waals surface area contributed by atoms with Crippen LogP contribution in [0.5, 0.6) is 0 Å². The normalized spacial score (nSPS) is 18.6. The molecule has 27 heavy (non-hydrogen) atoms. The lowest BCUT2D eigenvalue weighted by atomic mass is 9.90. The van der Waals surface area contributed by atoms with Crippen molar-refractivity contribution in [2.45, 2.75) is 51.0 Å². The van der Waals surface area contributed by atoms with Crippen LogP contribution in [0.25, 0.3) is 0 Å². The zero-order valence-electron chi connectivity index (χ0n) is 15.9. The minimum Gasteiger partial charge on any atom is -0.382 e. The summed E-state index contributed by atoms with van der Waals surface area (Å²) in [7, 11) is 0. The molecule has 1 aliphatic carbocycles. The van der Waals surface area contributed by atoms with Gasteiger partial charge in [-0.1, -0.05) is 43.2 Å². The van der Waals surface area contributed by atoms with Crippen LogP contribution in [0.3, 0.4) is 0 Å². The maximum absolute atomic E-state index is 12.9. The van der Waals surface area contributed by atoms with Gasteiger partial charge in [-0.25, -0.2) is 0 Å². The average Bonchev–Trinajstić information content (AvgIpc) is 3.22. The van der Waals surface area contributed by atoms with Crippen LogP contribution in [-0.2, 0) is 6.42 Å². The van der Waals surface area contributed by atoms with E-state index in [1.165, 1.54) is 31.2 Å². The molecule has 0 bridgehead atoms. The average molecular weight is 364 g/mol. The molecule has 1 N–H and O–H groups in total. The predicted octanol–water partition coefficient (Wildman–Crippen LogP) is 4.53. The molecule has 142 valence electrons. The molecular weight excluding hydrogens is 334 g/mol. The van der Waals surface area contributed by atoms with Crippen molar-refractivity contribution in [2.75, 3.05) is 18.4 Å². The van der Waals surface area contributed by atoms with E-state index < -0.39 is 0 Å². The Hall–Kier alpha value is -2.36. The molecule has 2 fully saturated rings. The number of benzene rings is 1. The van der Waals surface area contributed by atoms with E-state index in [4.69, 9.17) is 0 Å². The monoisotopic (exact) mass is 363 g/mol. The van der Waals surface area contributed by atoms with Gasteiger partial charge < -0.3 is 10.2 Å². The fourth-order valence-corrected chi connectivity index (χ4v) is 4.39. The molecule has 1 aliphatic heterocycles. The fraction of sp³-hybridized carbons (Fsp3) is 0.478. The van der Waals surface area contributed by atoms with Gasteiger partial charge in [0.25, 0.3) is 5.91 Å². The molecule has 1 saturated carbocycles. The Labute approximate surface area is 162 Å². The van der Waals surface area contributed by atoms with Crippen LogP contribution in [0.2, 0.25) is 0 Å². The number of hydrogen-bond donors (Lipinski definition) is 1. The van der Waals surface area contributed by atoms with Gasteiger partial charge in [-0.3, -0.25) is 9.78 Å². The van der Waals surface area contributed by atoms with Gasteiger partial charge in [0, 0.05) is 31.0 Å². The Morgan fingerprint density at radius 3 is 2.52 bits per heavy atom. The third-order valence-electron chi connectivity index (χ3n) is 5.97. The van der Waals surface area contributed by atoms with Gasteiger partial charge in [0.15, 0.2) is 0 Å². The van der Waals surface area contributed by atoms with Crippen LogP contribution in [0.4, 0.5) is 5.69 Å². The summed E-state index contributed by atoms with van der Waals surface area (Å²) in [5, 5.41) is 3.56.